The van der Waals surface area contributed by atoms with Gasteiger partial charge >= 0.3 is 5.89 Å². The highest BCUT2D eigenvalue weighted by atomic mass is 32.2. The van der Waals surface area contributed by atoms with E-state index in [0.29, 0.717) is 29.5 Å². The van der Waals surface area contributed by atoms with E-state index in [-0.39, 0.29) is 25.9 Å². The number of oxazole rings is 1. The molecule has 2 N–H and O–H groups in total. The third kappa shape index (κ3) is 15.7. The van der Waals surface area contributed by atoms with Gasteiger partial charge in [-0.25, -0.2) is 0 Å². The zero-order valence-corrected chi connectivity index (χ0v) is 39.7. The van der Waals surface area contributed by atoms with E-state index in [9.17, 15) is 25.9 Å². The van der Waals surface area contributed by atoms with Crippen molar-refractivity contribution in [3.63, 3.8) is 0 Å². The summed E-state index contributed by atoms with van der Waals surface area (Å²) in [4.78, 5) is 6.65. The number of ether oxygens (including phenoxy) is 1. The van der Waals surface area contributed by atoms with E-state index in [2.05, 4.69) is 51.3 Å². The van der Waals surface area contributed by atoms with Gasteiger partial charge in [0.15, 0.2) is 12.3 Å². The van der Waals surface area contributed by atoms with Crippen LogP contribution in [-0.2, 0) is 26.8 Å². The van der Waals surface area contributed by atoms with Gasteiger partial charge in [0.2, 0.25) is 11.5 Å². The van der Waals surface area contributed by atoms with E-state index in [1.165, 1.54) is 39.3 Å². The van der Waals surface area contributed by atoms with E-state index >= 15 is 0 Å². The zero-order chi connectivity index (χ0) is 46.0. The number of aromatic nitrogens is 1. The highest BCUT2D eigenvalue weighted by molar-refractivity contribution is 7.86. The minimum atomic E-state index is -4.15. The van der Waals surface area contributed by atoms with E-state index < -0.39 is 31.7 Å². The molecule has 0 bridgehead atoms. The third-order valence-corrected chi connectivity index (χ3v) is 12.6. The number of rotatable bonds is 19. The topological polar surface area (TPSA) is 145 Å². The molecule has 342 valence electrons. The molecule has 0 unspecified atom stereocenters. The first kappa shape index (κ1) is 50.8. The van der Waals surface area contributed by atoms with Gasteiger partial charge in [-0.05, 0) is 98.1 Å². The van der Waals surface area contributed by atoms with Crippen molar-refractivity contribution >= 4 is 43.1 Å². The summed E-state index contributed by atoms with van der Waals surface area (Å²) in [5, 5.41) is 0. The number of aryl methyl sites for hydroxylation is 1. The molecule has 0 amide bonds. The maximum atomic E-state index is 11.6. The molecule has 0 aliphatic carbocycles. The molecule has 63 heavy (non-hydrogen) atoms. The summed E-state index contributed by atoms with van der Waals surface area (Å²) in [7, 11) is -8.31. The standard InChI is InChI=1S/C37H36N2O8S2.2C6H15N/c1-2-27(23-36-38(19-9-21-48(40,41)42)32-25-30(15-17-34(32)46-36)28-11-5-3-6-12-28)24-37-39(20-10-22-49(43,44)45)33-26-31(16-18-35(33)47-37)29-13-7-4-8-14-29;2*1-4-7(5-2)6-3/h3-8,11-18,23-26H,2,9-10,19-22H2,1H3,(H-,40,41,42,43,44,45);2*4-6H2,1-3H3/p+1. The molecule has 0 spiro atoms. The fourth-order valence-corrected chi connectivity index (χ4v) is 8.20. The van der Waals surface area contributed by atoms with Crippen LogP contribution in [0.5, 0.6) is 5.75 Å². The smallest absolute Gasteiger partial charge is 0.374 e. The van der Waals surface area contributed by atoms with Crippen molar-refractivity contribution in [2.45, 2.75) is 74.3 Å². The molecule has 0 fully saturated rings. The molecule has 0 saturated carbocycles. The van der Waals surface area contributed by atoms with Crippen LogP contribution in [0.1, 0.15) is 73.6 Å². The maximum absolute atomic E-state index is 11.6. The lowest BCUT2D eigenvalue weighted by atomic mass is 10.0. The van der Waals surface area contributed by atoms with Crippen LogP contribution < -0.4 is 14.2 Å². The van der Waals surface area contributed by atoms with Gasteiger partial charge in [-0.3, -0.25) is 9.11 Å². The Morgan fingerprint density at radius 3 is 1.65 bits per heavy atom. The summed E-state index contributed by atoms with van der Waals surface area (Å²) in [5.74, 6) is 0.807. The van der Waals surface area contributed by atoms with Crippen LogP contribution in [0.3, 0.4) is 0 Å². The second kappa shape index (κ2) is 24.9. The zero-order valence-electron chi connectivity index (χ0n) is 38.0. The van der Waals surface area contributed by atoms with E-state index in [1.54, 1.807) is 0 Å². The molecule has 0 saturated heterocycles. The van der Waals surface area contributed by atoms with Gasteiger partial charge in [0.25, 0.3) is 25.8 Å². The Bertz CT molecular complexity index is 2440. The number of anilines is 1. The molecule has 1 aromatic heterocycles. The van der Waals surface area contributed by atoms with E-state index in [0.717, 1.165) is 39.0 Å². The van der Waals surface area contributed by atoms with Crippen LogP contribution in [0.2, 0.25) is 0 Å². The lowest BCUT2D eigenvalue weighted by molar-refractivity contribution is -0.677. The van der Waals surface area contributed by atoms with Crippen molar-refractivity contribution in [1.29, 1.82) is 0 Å². The van der Waals surface area contributed by atoms with Crippen molar-refractivity contribution < 1.29 is 39.7 Å². The van der Waals surface area contributed by atoms with Gasteiger partial charge in [0.05, 0.1) is 23.3 Å². The van der Waals surface area contributed by atoms with Gasteiger partial charge in [-0.1, -0.05) is 121 Å². The molecule has 12 nitrogen and oxygen atoms in total. The van der Waals surface area contributed by atoms with Crippen molar-refractivity contribution in [2.75, 3.05) is 62.2 Å². The summed E-state index contributed by atoms with van der Waals surface area (Å²) in [6, 6.07) is 31.5. The molecule has 1 aliphatic rings. The number of nitrogens with zero attached hydrogens (tertiary/aromatic N) is 4. The number of allylic oxidation sites excluding steroid dienone is 2. The Morgan fingerprint density at radius 1 is 0.651 bits per heavy atom. The molecule has 0 atom stereocenters. The van der Waals surface area contributed by atoms with E-state index in [1.807, 2.05) is 126 Å². The average molecular weight is 904 g/mol. The molecule has 0 radical (unpaired) electrons. The molecule has 4 aromatic carbocycles. The first-order chi connectivity index (χ1) is 30.2. The molecular weight excluding hydrogens is 837 g/mol. The Morgan fingerprint density at radius 2 is 1.16 bits per heavy atom. The molecular formula is C49H67N4O8S2+. The average Bonchev–Trinajstić information content (AvgIpc) is 3.80. The molecule has 1 aliphatic heterocycles. The Balaban J connectivity index is 0.000000537. The predicted molar refractivity (Wildman–Crippen MR) is 257 cm³/mol. The lowest BCUT2D eigenvalue weighted by Gasteiger charge is -2.19. The second-order valence-corrected chi connectivity index (χ2v) is 18.2. The quantitative estimate of drug-likeness (QED) is 0.0604. The summed E-state index contributed by atoms with van der Waals surface area (Å²) in [6.07, 6.45) is 4.66. The SMILES string of the molecule is CCC(/C=C1\Oc2ccc(-c3ccccc3)cc2N1CCCS(=O)(=O)O)=C\c1oc2ccc(-c3ccccc3)cc2[n+]1CCCS(=O)(=O)O.CCN(CC)CC.CCN(CC)CC. The Hall–Kier alpha value is -4.83. The Kier molecular flexibility index (Phi) is 20.1. The van der Waals surface area contributed by atoms with Crippen LogP contribution in [-0.4, -0.2) is 93.1 Å². The number of hydrogen-bond acceptors (Lipinski definition) is 9. The molecule has 5 aromatic rings. The summed E-state index contributed by atoms with van der Waals surface area (Å²) >= 11 is 0. The first-order valence-electron chi connectivity index (χ1n) is 22.1. The van der Waals surface area contributed by atoms with Gasteiger partial charge in [-0.2, -0.15) is 21.4 Å². The maximum Gasteiger partial charge on any atom is 0.374 e. The minimum absolute atomic E-state index is 0.167. The summed E-state index contributed by atoms with van der Waals surface area (Å²) in [5.41, 5.74) is 6.98. The van der Waals surface area contributed by atoms with Gasteiger partial charge in [-0.15, -0.1) is 0 Å². The monoisotopic (exact) mass is 903 g/mol. The van der Waals surface area contributed by atoms with Crippen molar-refractivity contribution in [3.05, 3.63) is 120 Å². The predicted octanol–water partition coefficient (Wildman–Crippen LogP) is 9.84. The third-order valence-electron chi connectivity index (χ3n) is 11.0. The normalized spacial score (nSPS) is 13.5. The van der Waals surface area contributed by atoms with Gasteiger partial charge < -0.3 is 23.9 Å². The first-order valence-corrected chi connectivity index (χ1v) is 25.3. The van der Waals surface area contributed by atoms with Crippen molar-refractivity contribution in [3.8, 4) is 28.0 Å². The highest BCUT2D eigenvalue weighted by Crippen LogP contribution is 2.42. The van der Waals surface area contributed by atoms with Gasteiger partial charge in [0.1, 0.15) is 0 Å². The van der Waals surface area contributed by atoms with Crippen LogP contribution in [0.4, 0.5) is 5.69 Å². The van der Waals surface area contributed by atoms with Gasteiger partial charge in [0, 0.05) is 25.1 Å². The highest BCUT2D eigenvalue weighted by Gasteiger charge is 2.28. The van der Waals surface area contributed by atoms with Crippen LogP contribution in [0, 0.1) is 0 Å². The largest absolute Gasteiger partial charge is 0.439 e. The molecule has 2 heterocycles. The summed E-state index contributed by atoms with van der Waals surface area (Å²) in [6.45, 7) is 22.8. The van der Waals surface area contributed by atoms with Crippen molar-refractivity contribution in [1.82, 2.24) is 9.80 Å². The number of benzene rings is 4. The number of hydrogen-bond donors (Lipinski definition) is 2. The van der Waals surface area contributed by atoms with E-state index in [4.69, 9.17) is 9.15 Å². The van der Waals surface area contributed by atoms with Crippen LogP contribution >= 0.6 is 0 Å². The van der Waals surface area contributed by atoms with Crippen LogP contribution in [0.25, 0.3) is 39.4 Å². The van der Waals surface area contributed by atoms with Crippen LogP contribution in [0.15, 0.2) is 119 Å². The number of fused-ring (bicyclic) bond motifs is 2. The molecule has 14 heteroatoms. The summed E-state index contributed by atoms with van der Waals surface area (Å²) < 4.78 is 79.6. The molecule has 6 rings (SSSR count). The fourth-order valence-electron chi connectivity index (χ4n) is 7.21. The lowest BCUT2D eigenvalue weighted by Crippen LogP contribution is -2.36. The Labute approximate surface area is 376 Å². The fraction of sp³-hybridized carbons (Fsp3) is 0.408. The second-order valence-electron chi connectivity index (χ2n) is 15.0. The minimum Gasteiger partial charge on any atom is -0.439 e. The van der Waals surface area contributed by atoms with Crippen molar-refractivity contribution in [2.24, 2.45) is 0 Å².